The zero-order valence-corrected chi connectivity index (χ0v) is 11.3. The first kappa shape index (κ1) is 11.4. The van der Waals surface area contributed by atoms with Crippen molar-refractivity contribution in [1.82, 2.24) is 0 Å². The van der Waals surface area contributed by atoms with E-state index in [4.69, 9.17) is 0 Å². The molecular weight excluding hydrogens is 320 g/mol. The second kappa shape index (κ2) is 4.72. The maximum absolute atomic E-state index is 13.4. The normalized spacial score (nSPS) is 10.6. The first-order valence-electron chi connectivity index (χ1n) is 3.61. The van der Waals surface area contributed by atoms with E-state index < -0.39 is 5.33 Å². The molecule has 0 aliphatic heterocycles. The molecular formula is C8H9Br2FNP. The number of benzene rings is 1. The van der Waals surface area contributed by atoms with Crippen molar-refractivity contribution in [3.8, 4) is 0 Å². The van der Waals surface area contributed by atoms with Crippen LogP contribution in [-0.4, -0.2) is 14.1 Å². The van der Waals surface area contributed by atoms with E-state index in [1.807, 2.05) is 25.1 Å². The Balaban J connectivity index is 3.26. The van der Waals surface area contributed by atoms with Crippen molar-refractivity contribution in [3.63, 3.8) is 0 Å². The van der Waals surface area contributed by atoms with Crippen molar-refractivity contribution < 1.29 is 4.39 Å². The van der Waals surface area contributed by atoms with E-state index in [0.717, 1.165) is 5.69 Å². The fourth-order valence-corrected chi connectivity index (χ4v) is 3.82. The molecule has 0 amide bonds. The Morgan fingerprint density at radius 3 is 2.31 bits per heavy atom. The highest BCUT2D eigenvalue weighted by Gasteiger charge is 2.15. The molecule has 0 aromatic heterocycles. The predicted octanol–water partition coefficient (Wildman–Crippen LogP) is 3.62. The van der Waals surface area contributed by atoms with Crippen molar-refractivity contribution in [2.75, 3.05) is 19.0 Å². The minimum atomic E-state index is -0.761. The largest absolute Gasteiger partial charge is 0.377 e. The Morgan fingerprint density at radius 2 is 1.92 bits per heavy atom. The monoisotopic (exact) mass is 327 g/mol. The second-order valence-electron chi connectivity index (χ2n) is 2.73. The van der Waals surface area contributed by atoms with Gasteiger partial charge in [-0.25, -0.2) is 4.39 Å². The van der Waals surface area contributed by atoms with E-state index in [-0.39, 0.29) is 5.82 Å². The van der Waals surface area contributed by atoms with Crippen molar-refractivity contribution in [2.45, 2.75) is 0 Å². The van der Waals surface area contributed by atoms with Crippen molar-refractivity contribution in [1.29, 1.82) is 0 Å². The van der Waals surface area contributed by atoms with Gasteiger partial charge in [-0.3, -0.25) is 0 Å². The Labute approximate surface area is 94.5 Å². The summed E-state index contributed by atoms with van der Waals surface area (Å²) in [6, 6.07) is 5.09. The van der Waals surface area contributed by atoms with Crippen LogP contribution in [0.3, 0.4) is 0 Å². The molecule has 0 fully saturated rings. The van der Waals surface area contributed by atoms with Gasteiger partial charge in [-0.2, -0.15) is 0 Å². The van der Waals surface area contributed by atoms with Gasteiger partial charge in [0.2, 0.25) is 0 Å². The van der Waals surface area contributed by atoms with Gasteiger partial charge in [0, 0.05) is 19.8 Å². The number of hydrogen-bond acceptors (Lipinski definition) is 1. The van der Waals surface area contributed by atoms with E-state index in [1.54, 1.807) is 6.07 Å². The summed E-state index contributed by atoms with van der Waals surface area (Å²) in [5, 5.41) is -0.0646. The van der Waals surface area contributed by atoms with Gasteiger partial charge >= 0.3 is 0 Å². The highest BCUT2D eigenvalue weighted by atomic mass is 79.9. The number of halogens is 3. The topological polar surface area (TPSA) is 3.24 Å². The van der Waals surface area contributed by atoms with E-state index in [1.165, 1.54) is 6.07 Å². The van der Waals surface area contributed by atoms with Crippen LogP contribution in [0.5, 0.6) is 0 Å². The third-order valence-electron chi connectivity index (χ3n) is 1.62. The lowest BCUT2D eigenvalue weighted by Crippen LogP contribution is -2.18. The zero-order chi connectivity index (χ0) is 10.0. The molecule has 0 aliphatic carbocycles. The molecule has 0 saturated heterocycles. The predicted molar refractivity (Wildman–Crippen MR) is 65.1 cm³/mol. The molecule has 5 heteroatoms. The summed E-state index contributed by atoms with van der Waals surface area (Å²) in [6.07, 6.45) is 0. The first-order chi connectivity index (χ1) is 6.04. The molecule has 1 rings (SSSR count). The van der Waals surface area contributed by atoms with Gasteiger partial charge < -0.3 is 4.90 Å². The SMILES string of the molecule is CN(C)c1cccc(F)c1P(Br)Br. The van der Waals surface area contributed by atoms with E-state index in [0.29, 0.717) is 5.30 Å². The molecule has 1 aromatic rings. The highest BCUT2D eigenvalue weighted by Crippen LogP contribution is 2.53. The fraction of sp³-hybridized carbons (Fsp3) is 0.250. The van der Waals surface area contributed by atoms with Crippen LogP contribution in [0, 0.1) is 5.82 Å². The molecule has 0 atom stereocenters. The average Bonchev–Trinajstić information content (AvgIpc) is 2.02. The Hall–Kier alpha value is 0.340. The summed E-state index contributed by atoms with van der Waals surface area (Å²) >= 11 is 6.73. The van der Waals surface area contributed by atoms with Crippen LogP contribution >= 0.6 is 36.3 Å². The molecule has 13 heavy (non-hydrogen) atoms. The lowest BCUT2D eigenvalue weighted by atomic mass is 10.3. The van der Waals surface area contributed by atoms with Gasteiger partial charge in [-0.1, -0.05) is 6.07 Å². The first-order valence-corrected chi connectivity index (χ1v) is 8.99. The Kier molecular flexibility index (Phi) is 4.14. The molecule has 1 aromatic carbocycles. The van der Waals surface area contributed by atoms with Crippen LogP contribution in [0.1, 0.15) is 0 Å². The summed E-state index contributed by atoms with van der Waals surface area (Å²) in [4.78, 5) is 1.90. The molecule has 0 bridgehead atoms. The van der Waals surface area contributed by atoms with E-state index in [9.17, 15) is 4.39 Å². The molecule has 72 valence electrons. The second-order valence-corrected chi connectivity index (χ2v) is 10.8. The van der Waals surface area contributed by atoms with Crippen molar-refractivity contribution in [3.05, 3.63) is 24.0 Å². The Morgan fingerprint density at radius 1 is 1.31 bits per heavy atom. The minimum Gasteiger partial charge on any atom is -0.377 e. The van der Waals surface area contributed by atoms with Gasteiger partial charge in [0.25, 0.3) is 0 Å². The smallest absolute Gasteiger partial charge is 0.134 e. The summed E-state index contributed by atoms with van der Waals surface area (Å²) in [7, 11) is 3.80. The van der Waals surface area contributed by atoms with Crippen LogP contribution < -0.4 is 10.2 Å². The molecule has 1 nitrogen and oxygen atoms in total. The maximum Gasteiger partial charge on any atom is 0.134 e. The number of anilines is 1. The molecule has 0 saturated carbocycles. The van der Waals surface area contributed by atoms with Crippen molar-refractivity contribution in [2.24, 2.45) is 0 Å². The Bertz CT molecular complexity index is 304. The lowest BCUT2D eigenvalue weighted by molar-refractivity contribution is 0.636. The van der Waals surface area contributed by atoms with Gasteiger partial charge in [0.05, 0.1) is 10.6 Å². The van der Waals surface area contributed by atoms with Crippen LogP contribution in [-0.2, 0) is 0 Å². The number of hydrogen-bond donors (Lipinski definition) is 0. The summed E-state index contributed by atoms with van der Waals surface area (Å²) in [5.41, 5.74) is 0.903. The summed E-state index contributed by atoms with van der Waals surface area (Å²) < 4.78 is 13.4. The fourth-order valence-electron chi connectivity index (χ4n) is 1.03. The molecule has 0 spiro atoms. The third-order valence-corrected chi connectivity index (χ3v) is 4.52. The van der Waals surface area contributed by atoms with Gasteiger partial charge in [0.15, 0.2) is 0 Å². The van der Waals surface area contributed by atoms with Crippen LogP contribution in [0.15, 0.2) is 18.2 Å². The lowest BCUT2D eigenvalue weighted by Gasteiger charge is -2.18. The van der Waals surface area contributed by atoms with Crippen LogP contribution in [0.2, 0.25) is 0 Å². The standard InChI is InChI=1S/C8H9Br2FNP/c1-12(2)7-5-3-4-6(11)8(7)13(9)10/h3-5H,1-2H3. The summed E-state index contributed by atoms with van der Waals surface area (Å²) in [5.74, 6) is -0.175. The molecule has 0 N–H and O–H groups in total. The van der Waals surface area contributed by atoms with Gasteiger partial charge in [-0.05, 0) is 43.1 Å². The number of rotatable bonds is 2. The average molecular weight is 329 g/mol. The maximum atomic E-state index is 13.4. The van der Waals surface area contributed by atoms with Crippen LogP contribution in [0.4, 0.5) is 10.1 Å². The quantitative estimate of drug-likeness (QED) is 0.749. The zero-order valence-electron chi connectivity index (χ0n) is 7.26. The summed E-state index contributed by atoms with van der Waals surface area (Å²) in [6.45, 7) is 0. The third kappa shape index (κ3) is 2.64. The minimum absolute atomic E-state index is 0.175. The van der Waals surface area contributed by atoms with Gasteiger partial charge in [0.1, 0.15) is 5.82 Å². The van der Waals surface area contributed by atoms with Gasteiger partial charge in [-0.15, -0.1) is 0 Å². The molecule has 0 unspecified atom stereocenters. The molecule has 0 heterocycles. The molecule has 0 aliphatic rings. The number of nitrogens with zero attached hydrogens (tertiary/aromatic N) is 1. The highest BCUT2D eigenvalue weighted by molar-refractivity contribution is 9.70. The van der Waals surface area contributed by atoms with Crippen LogP contribution in [0.25, 0.3) is 0 Å². The van der Waals surface area contributed by atoms with Crippen molar-refractivity contribution >= 4 is 47.3 Å². The van der Waals surface area contributed by atoms with E-state index >= 15 is 0 Å². The van der Waals surface area contributed by atoms with E-state index in [2.05, 4.69) is 31.0 Å². The molecule has 0 radical (unpaired) electrons.